The fourth-order valence-corrected chi connectivity index (χ4v) is 4.66. The van der Waals surface area contributed by atoms with Crippen LogP contribution in [0, 0.1) is 0 Å². The number of methoxy groups -OCH3 is 1. The molecule has 0 saturated carbocycles. The topological polar surface area (TPSA) is 91.1 Å². The zero-order valence-corrected chi connectivity index (χ0v) is 19.7. The second kappa shape index (κ2) is 8.92. The highest BCUT2D eigenvalue weighted by Gasteiger charge is 2.16. The van der Waals surface area contributed by atoms with Crippen LogP contribution in [0.3, 0.4) is 0 Å². The van der Waals surface area contributed by atoms with Gasteiger partial charge in [-0.2, -0.15) is 0 Å². The molecule has 0 aliphatic carbocycles. The van der Waals surface area contributed by atoms with Crippen LogP contribution in [0.1, 0.15) is 11.3 Å². The van der Waals surface area contributed by atoms with Gasteiger partial charge in [0.2, 0.25) is 0 Å². The fraction of sp³-hybridized carbons (Fsp3) is 0.269. The van der Waals surface area contributed by atoms with Gasteiger partial charge in [-0.05, 0) is 36.4 Å². The first-order valence-electron chi connectivity index (χ1n) is 11.6. The molecule has 2 aromatic carbocycles. The van der Waals surface area contributed by atoms with Crippen molar-refractivity contribution in [1.82, 2.24) is 29.5 Å². The molecule has 3 aromatic heterocycles. The summed E-state index contributed by atoms with van der Waals surface area (Å²) < 4.78 is 13.1. The highest BCUT2D eigenvalue weighted by atomic mass is 16.5. The third-order valence-electron chi connectivity index (χ3n) is 6.48. The van der Waals surface area contributed by atoms with Crippen LogP contribution < -0.4 is 9.64 Å². The van der Waals surface area contributed by atoms with Gasteiger partial charge in [0.25, 0.3) is 0 Å². The number of fused-ring (bicyclic) bond motifs is 2. The predicted octanol–water partition coefficient (Wildman–Crippen LogP) is 3.41. The minimum absolute atomic E-state index is 0.567. The molecule has 0 unspecified atom stereocenters. The molecule has 0 amide bonds. The maximum Gasteiger partial charge on any atom is 0.163 e. The number of nitrogens with zero attached hydrogens (tertiary/aromatic N) is 7. The van der Waals surface area contributed by atoms with E-state index in [1.807, 2.05) is 23.7 Å². The van der Waals surface area contributed by atoms with Crippen molar-refractivity contribution < 1.29 is 9.47 Å². The molecule has 1 aliphatic rings. The molecule has 1 aliphatic heterocycles. The van der Waals surface area contributed by atoms with Gasteiger partial charge in [-0.1, -0.05) is 0 Å². The molecule has 9 nitrogen and oxygen atoms in total. The number of hydrogen-bond acceptors (Lipinski definition) is 8. The molecule has 4 heterocycles. The Hall–Kier alpha value is -4.11. The van der Waals surface area contributed by atoms with Crippen LogP contribution >= 0.6 is 0 Å². The molecule has 1 saturated heterocycles. The van der Waals surface area contributed by atoms with E-state index in [0.29, 0.717) is 6.42 Å². The third kappa shape index (κ3) is 3.93. The number of aryl methyl sites for hydroxylation is 1. The summed E-state index contributed by atoms with van der Waals surface area (Å²) in [7, 11) is 3.61. The van der Waals surface area contributed by atoms with E-state index < -0.39 is 0 Å². The minimum atomic E-state index is 0.567. The second-order valence-corrected chi connectivity index (χ2v) is 8.57. The summed E-state index contributed by atoms with van der Waals surface area (Å²) >= 11 is 0. The number of anilines is 1. The number of benzene rings is 2. The Kier molecular flexibility index (Phi) is 5.46. The highest BCUT2D eigenvalue weighted by Crippen LogP contribution is 2.32. The van der Waals surface area contributed by atoms with Crippen LogP contribution in [0.15, 0.2) is 55.4 Å². The SMILES string of the molecule is COc1ccc(-c2ncnc3cc(N4CCOCC4)ccc23)cc1Cc1ncnc2c1ncn2C. The molecule has 1 fully saturated rings. The van der Waals surface area contributed by atoms with Crippen molar-refractivity contribution in [3.05, 3.63) is 66.6 Å². The first kappa shape index (κ1) is 21.4. The summed E-state index contributed by atoms with van der Waals surface area (Å²) in [4.78, 5) is 24.9. The lowest BCUT2D eigenvalue weighted by Crippen LogP contribution is -2.36. The van der Waals surface area contributed by atoms with Crippen molar-refractivity contribution in [3.63, 3.8) is 0 Å². The van der Waals surface area contributed by atoms with E-state index in [9.17, 15) is 0 Å². The van der Waals surface area contributed by atoms with E-state index in [1.54, 1.807) is 26.1 Å². The van der Waals surface area contributed by atoms with Gasteiger partial charge in [-0.15, -0.1) is 0 Å². The molecular formula is C26H25N7O2. The molecule has 0 atom stereocenters. The fourth-order valence-electron chi connectivity index (χ4n) is 4.66. The highest BCUT2D eigenvalue weighted by molar-refractivity contribution is 5.94. The molecular weight excluding hydrogens is 442 g/mol. The standard InChI is InChI=1S/C26H25N7O2/c1-32-16-31-25-22(28-15-30-26(25)32)12-18-11-17(3-6-23(18)34-2)24-20-5-4-19(13-21(20)27-14-29-24)33-7-9-35-10-8-33/h3-6,11,13-16H,7-10,12H2,1-2H3. The number of rotatable bonds is 5. The number of imidazole rings is 1. The molecule has 176 valence electrons. The summed E-state index contributed by atoms with van der Waals surface area (Å²) in [6.45, 7) is 3.27. The minimum Gasteiger partial charge on any atom is -0.496 e. The first-order chi connectivity index (χ1) is 17.2. The van der Waals surface area contributed by atoms with Crippen molar-refractivity contribution in [3.8, 4) is 17.0 Å². The van der Waals surface area contributed by atoms with E-state index in [4.69, 9.17) is 9.47 Å². The maximum atomic E-state index is 5.68. The van der Waals surface area contributed by atoms with Gasteiger partial charge >= 0.3 is 0 Å². The Morgan fingerprint density at radius 3 is 2.66 bits per heavy atom. The van der Waals surface area contributed by atoms with Crippen LogP contribution in [0.25, 0.3) is 33.3 Å². The van der Waals surface area contributed by atoms with E-state index in [1.165, 1.54) is 0 Å². The summed E-state index contributed by atoms with van der Waals surface area (Å²) in [5, 5.41) is 1.01. The van der Waals surface area contributed by atoms with Gasteiger partial charge in [-0.3, -0.25) is 0 Å². The molecule has 0 bridgehead atoms. The largest absolute Gasteiger partial charge is 0.496 e. The van der Waals surface area contributed by atoms with Gasteiger partial charge in [0, 0.05) is 48.8 Å². The first-order valence-corrected chi connectivity index (χ1v) is 11.6. The third-order valence-corrected chi connectivity index (χ3v) is 6.48. The number of aromatic nitrogens is 6. The van der Waals surface area contributed by atoms with Gasteiger partial charge < -0.3 is 18.9 Å². The Labute approximate surface area is 202 Å². The van der Waals surface area contributed by atoms with Crippen molar-refractivity contribution >= 4 is 27.8 Å². The van der Waals surface area contributed by atoms with Crippen LogP contribution in [-0.2, 0) is 18.2 Å². The smallest absolute Gasteiger partial charge is 0.163 e. The zero-order valence-electron chi connectivity index (χ0n) is 19.7. The molecule has 0 spiro atoms. The van der Waals surface area contributed by atoms with E-state index >= 15 is 0 Å². The van der Waals surface area contributed by atoms with Crippen molar-refractivity contribution in [2.45, 2.75) is 6.42 Å². The van der Waals surface area contributed by atoms with E-state index in [2.05, 4.69) is 54.1 Å². The molecule has 0 N–H and O–H groups in total. The zero-order chi connectivity index (χ0) is 23.8. The lowest BCUT2D eigenvalue weighted by molar-refractivity contribution is 0.122. The van der Waals surface area contributed by atoms with Gasteiger partial charge in [-0.25, -0.2) is 24.9 Å². The molecule has 5 aromatic rings. The Balaban J connectivity index is 1.40. The maximum absolute atomic E-state index is 5.68. The summed E-state index contributed by atoms with van der Waals surface area (Å²) in [6.07, 6.45) is 5.54. The van der Waals surface area contributed by atoms with Crippen molar-refractivity contribution in [2.24, 2.45) is 7.05 Å². The summed E-state index contributed by atoms with van der Waals surface area (Å²) in [5.74, 6) is 0.796. The average Bonchev–Trinajstić information content (AvgIpc) is 3.30. The van der Waals surface area contributed by atoms with Gasteiger partial charge in [0.05, 0.1) is 43.6 Å². The normalized spacial score (nSPS) is 14.1. The van der Waals surface area contributed by atoms with Crippen LogP contribution in [-0.4, -0.2) is 62.9 Å². The molecule has 0 radical (unpaired) electrons. The van der Waals surface area contributed by atoms with E-state index in [-0.39, 0.29) is 0 Å². The lowest BCUT2D eigenvalue weighted by Gasteiger charge is -2.29. The predicted molar refractivity (Wildman–Crippen MR) is 134 cm³/mol. The Morgan fingerprint density at radius 1 is 0.943 bits per heavy atom. The average molecular weight is 468 g/mol. The number of morpholine rings is 1. The van der Waals surface area contributed by atoms with E-state index in [0.717, 1.165) is 82.3 Å². The quantitative estimate of drug-likeness (QED) is 0.388. The number of ether oxygens (including phenoxy) is 2. The van der Waals surface area contributed by atoms with Crippen molar-refractivity contribution in [2.75, 3.05) is 38.3 Å². The monoisotopic (exact) mass is 467 g/mol. The molecule has 35 heavy (non-hydrogen) atoms. The Bertz CT molecular complexity index is 1530. The summed E-state index contributed by atoms with van der Waals surface area (Å²) in [5.41, 5.74) is 7.43. The van der Waals surface area contributed by atoms with Crippen LogP contribution in [0.2, 0.25) is 0 Å². The van der Waals surface area contributed by atoms with Crippen molar-refractivity contribution in [1.29, 1.82) is 0 Å². The van der Waals surface area contributed by atoms with Crippen LogP contribution in [0.4, 0.5) is 5.69 Å². The second-order valence-electron chi connectivity index (χ2n) is 8.57. The lowest BCUT2D eigenvalue weighted by atomic mass is 10.00. The van der Waals surface area contributed by atoms with Crippen LogP contribution in [0.5, 0.6) is 5.75 Å². The molecule has 6 rings (SSSR count). The summed E-state index contributed by atoms with van der Waals surface area (Å²) in [6, 6.07) is 12.5. The van der Waals surface area contributed by atoms with Gasteiger partial charge in [0.15, 0.2) is 5.65 Å². The molecule has 9 heteroatoms. The number of hydrogen-bond donors (Lipinski definition) is 0. The Morgan fingerprint density at radius 2 is 1.80 bits per heavy atom. The van der Waals surface area contributed by atoms with Gasteiger partial charge in [0.1, 0.15) is 23.9 Å².